The van der Waals surface area contributed by atoms with Crippen molar-refractivity contribution in [3.05, 3.63) is 64.7 Å². The molecular formula is C23H26ClN3O3. The van der Waals surface area contributed by atoms with E-state index in [1.807, 2.05) is 36.4 Å². The standard InChI is InChI=1S/C23H26ClN3O3/c24-20-5-2-1-4-19(20)21(26-12-14-30-15-13-26)16-25-23(29)17-7-9-18(10-8-17)27-11-3-6-22(27)28/h1-2,4-5,7-10,21H,3,6,11-16H2,(H,25,29). The van der Waals surface area contributed by atoms with E-state index in [9.17, 15) is 9.59 Å². The third-order valence-electron chi connectivity index (χ3n) is 5.72. The number of amides is 2. The minimum absolute atomic E-state index is 0.0203. The van der Waals surface area contributed by atoms with Gasteiger partial charge in [0.2, 0.25) is 5.91 Å². The molecule has 2 fully saturated rings. The molecule has 30 heavy (non-hydrogen) atoms. The van der Waals surface area contributed by atoms with E-state index in [0.29, 0.717) is 36.8 Å². The number of carbonyl (C=O) groups excluding carboxylic acids is 2. The number of morpholine rings is 1. The van der Waals surface area contributed by atoms with Crippen LogP contribution in [0.25, 0.3) is 0 Å². The van der Waals surface area contributed by atoms with Gasteiger partial charge in [-0.3, -0.25) is 14.5 Å². The van der Waals surface area contributed by atoms with Crippen molar-refractivity contribution >= 4 is 29.1 Å². The Morgan fingerprint density at radius 1 is 1.07 bits per heavy atom. The third kappa shape index (κ3) is 4.67. The van der Waals surface area contributed by atoms with Crippen LogP contribution in [0.3, 0.4) is 0 Å². The number of halogens is 1. The number of carbonyl (C=O) groups is 2. The molecule has 7 heteroatoms. The van der Waals surface area contributed by atoms with Crippen molar-refractivity contribution in [1.29, 1.82) is 0 Å². The van der Waals surface area contributed by atoms with Gasteiger partial charge in [-0.15, -0.1) is 0 Å². The van der Waals surface area contributed by atoms with Crippen LogP contribution in [0.2, 0.25) is 5.02 Å². The Morgan fingerprint density at radius 3 is 2.47 bits per heavy atom. The first-order chi connectivity index (χ1) is 14.6. The second kappa shape index (κ2) is 9.60. The van der Waals surface area contributed by atoms with Crippen LogP contribution < -0.4 is 10.2 Å². The van der Waals surface area contributed by atoms with Gasteiger partial charge in [-0.1, -0.05) is 29.8 Å². The lowest BCUT2D eigenvalue weighted by molar-refractivity contribution is -0.117. The summed E-state index contributed by atoms with van der Waals surface area (Å²) in [6.45, 7) is 4.13. The van der Waals surface area contributed by atoms with Crippen LogP contribution in [0.5, 0.6) is 0 Å². The molecule has 0 saturated carbocycles. The Labute approximate surface area is 181 Å². The maximum atomic E-state index is 12.8. The highest BCUT2D eigenvalue weighted by atomic mass is 35.5. The zero-order valence-corrected chi connectivity index (χ0v) is 17.6. The van der Waals surface area contributed by atoms with Gasteiger partial charge >= 0.3 is 0 Å². The van der Waals surface area contributed by atoms with Crippen molar-refractivity contribution in [2.24, 2.45) is 0 Å². The molecule has 4 rings (SSSR count). The van der Waals surface area contributed by atoms with Gasteiger partial charge in [-0.05, 0) is 42.3 Å². The lowest BCUT2D eigenvalue weighted by Crippen LogP contribution is -2.44. The van der Waals surface area contributed by atoms with Gasteiger partial charge in [0.15, 0.2) is 0 Å². The summed E-state index contributed by atoms with van der Waals surface area (Å²) < 4.78 is 5.48. The fraction of sp³-hybridized carbons (Fsp3) is 0.391. The van der Waals surface area contributed by atoms with Gasteiger partial charge in [-0.2, -0.15) is 0 Å². The van der Waals surface area contributed by atoms with Gasteiger partial charge in [0.05, 0.1) is 19.3 Å². The number of benzene rings is 2. The Morgan fingerprint density at radius 2 is 1.80 bits per heavy atom. The zero-order chi connectivity index (χ0) is 20.9. The highest BCUT2D eigenvalue weighted by Crippen LogP contribution is 2.28. The quantitative estimate of drug-likeness (QED) is 0.768. The molecule has 0 spiro atoms. The van der Waals surface area contributed by atoms with Crippen molar-refractivity contribution in [2.45, 2.75) is 18.9 Å². The van der Waals surface area contributed by atoms with Crippen LogP contribution in [0.4, 0.5) is 5.69 Å². The van der Waals surface area contributed by atoms with Gasteiger partial charge in [0, 0.05) is 48.9 Å². The summed E-state index contributed by atoms with van der Waals surface area (Å²) in [5.74, 6) is -0.0000873. The molecule has 2 aliphatic heterocycles. The lowest BCUT2D eigenvalue weighted by Gasteiger charge is -2.35. The molecule has 2 saturated heterocycles. The van der Waals surface area contributed by atoms with Crippen LogP contribution in [0.15, 0.2) is 48.5 Å². The molecule has 2 aromatic carbocycles. The topological polar surface area (TPSA) is 61.9 Å². The number of hydrogen-bond acceptors (Lipinski definition) is 4. The van der Waals surface area contributed by atoms with Crippen molar-refractivity contribution in [3.63, 3.8) is 0 Å². The Kier molecular flexibility index (Phi) is 6.67. The van der Waals surface area contributed by atoms with Crippen LogP contribution in [-0.2, 0) is 9.53 Å². The number of nitrogens with one attached hydrogen (secondary N) is 1. The highest BCUT2D eigenvalue weighted by Gasteiger charge is 2.25. The summed E-state index contributed by atoms with van der Waals surface area (Å²) in [4.78, 5) is 28.8. The van der Waals surface area contributed by atoms with Crippen molar-refractivity contribution < 1.29 is 14.3 Å². The minimum Gasteiger partial charge on any atom is -0.379 e. The van der Waals surface area contributed by atoms with Crippen LogP contribution in [0.1, 0.15) is 34.8 Å². The molecule has 158 valence electrons. The molecular weight excluding hydrogens is 402 g/mol. The normalized spacial score (nSPS) is 18.4. The number of ether oxygens (including phenoxy) is 1. The molecule has 0 aromatic heterocycles. The van der Waals surface area contributed by atoms with E-state index in [1.165, 1.54) is 0 Å². The summed E-state index contributed by atoms with van der Waals surface area (Å²) in [7, 11) is 0. The van der Waals surface area contributed by atoms with E-state index in [0.717, 1.165) is 37.3 Å². The maximum Gasteiger partial charge on any atom is 0.251 e. The molecule has 1 atom stereocenters. The minimum atomic E-state index is -0.139. The molecule has 2 amide bonds. The summed E-state index contributed by atoms with van der Waals surface area (Å²) in [5.41, 5.74) is 2.42. The molecule has 2 aromatic rings. The van der Waals surface area contributed by atoms with Crippen molar-refractivity contribution in [1.82, 2.24) is 10.2 Å². The summed E-state index contributed by atoms with van der Waals surface area (Å²) in [6.07, 6.45) is 1.47. The smallest absolute Gasteiger partial charge is 0.251 e. The number of hydrogen-bond donors (Lipinski definition) is 1. The fourth-order valence-corrected chi connectivity index (χ4v) is 4.34. The first-order valence-corrected chi connectivity index (χ1v) is 10.8. The average Bonchev–Trinajstić information content (AvgIpc) is 3.21. The Balaban J connectivity index is 1.44. The van der Waals surface area contributed by atoms with Gasteiger partial charge < -0.3 is 15.0 Å². The number of anilines is 1. The fourth-order valence-electron chi connectivity index (χ4n) is 4.08. The second-order valence-electron chi connectivity index (χ2n) is 7.59. The highest BCUT2D eigenvalue weighted by molar-refractivity contribution is 6.31. The Bertz CT molecular complexity index is 897. The molecule has 0 radical (unpaired) electrons. The number of rotatable bonds is 6. The predicted octanol–water partition coefficient (Wildman–Crippen LogP) is 3.27. The Hall–Kier alpha value is -2.41. The van der Waals surface area contributed by atoms with Crippen LogP contribution in [-0.4, -0.2) is 56.1 Å². The van der Waals surface area contributed by atoms with Crippen molar-refractivity contribution in [2.75, 3.05) is 44.3 Å². The van der Waals surface area contributed by atoms with E-state index in [2.05, 4.69) is 10.2 Å². The largest absolute Gasteiger partial charge is 0.379 e. The van der Waals surface area contributed by atoms with Crippen LogP contribution in [0, 0.1) is 0 Å². The molecule has 0 bridgehead atoms. The maximum absolute atomic E-state index is 12.8. The monoisotopic (exact) mass is 427 g/mol. The second-order valence-corrected chi connectivity index (χ2v) is 8.00. The lowest BCUT2D eigenvalue weighted by atomic mass is 10.0. The average molecular weight is 428 g/mol. The molecule has 1 N–H and O–H groups in total. The van der Waals surface area contributed by atoms with Crippen LogP contribution >= 0.6 is 11.6 Å². The van der Waals surface area contributed by atoms with E-state index in [4.69, 9.17) is 16.3 Å². The number of nitrogens with zero attached hydrogens (tertiary/aromatic N) is 2. The summed E-state index contributed by atoms with van der Waals surface area (Å²) in [6, 6.07) is 15.0. The van der Waals surface area contributed by atoms with E-state index < -0.39 is 0 Å². The van der Waals surface area contributed by atoms with Gasteiger partial charge in [0.25, 0.3) is 5.91 Å². The first kappa shape index (κ1) is 20.8. The SMILES string of the molecule is O=C(NCC(c1ccccc1Cl)N1CCOCC1)c1ccc(N2CCCC2=O)cc1. The molecule has 0 aliphatic carbocycles. The van der Waals surface area contributed by atoms with Gasteiger partial charge in [0.1, 0.15) is 0 Å². The molecule has 2 heterocycles. The molecule has 2 aliphatic rings. The zero-order valence-electron chi connectivity index (χ0n) is 16.9. The third-order valence-corrected chi connectivity index (χ3v) is 6.07. The summed E-state index contributed by atoms with van der Waals surface area (Å²) in [5, 5.41) is 3.76. The van der Waals surface area contributed by atoms with E-state index in [-0.39, 0.29) is 17.9 Å². The summed E-state index contributed by atoms with van der Waals surface area (Å²) >= 11 is 6.46. The van der Waals surface area contributed by atoms with E-state index in [1.54, 1.807) is 17.0 Å². The first-order valence-electron chi connectivity index (χ1n) is 10.4. The van der Waals surface area contributed by atoms with E-state index >= 15 is 0 Å². The van der Waals surface area contributed by atoms with Crippen molar-refractivity contribution in [3.8, 4) is 0 Å². The molecule has 6 nitrogen and oxygen atoms in total. The predicted molar refractivity (Wildman–Crippen MR) is 117 cm³/mol. The molecule has 1 unspecified atom stereocenters. The van der Waals surface area contributed by atoms with Gasteiger partial charge in [-0.25, -0.2) is 0 Å².